The molecule has 1 unspecified atom stereocenters. The number of para-hydroxylation sites is 1. The Hall–Kier alpha value is -1.51. The van der Waals surface area contributed by atoms with Crippen molar-refractivity contribution in [2.24, 2.45) is 5.92 Å². The topological polar surface area (TPSA) is 32.3 Å². The maximum Gasteiger partial charge on any atom is 0.255 e. The largest absolute Gasteiger partial charge is 0.387 e. The third-order valence-corrected chi connectivity index (χ3v) is 3.32. The first-order valence-corrected chi connectivity index (χ1v) is 6.03. The lowest BCUT2D eigenvalue weighted by atomic mass is 10.0. The molecule has 0 aliphatic heterocycles. The van der Waals surface area contributed by atoms with E-state index < -0.39 is 0 Å². The van der Waals surface area contributed by atoms with Crippen molar-refractivity contribution in [3.63, 3.8) is 0 Å². The fourth-order valence-electron chi connectivity index (χ4n) is 1.71. The Morgan fingerprint density at radius 2 is 1.82 bits per heavy atom. The Kier molecular flexibility index (Phi) is 4.55. The lowest BCUT2D eigenvalue weighted by Gasteiger charge is -2.28. The average Bonchev–Trinajstić information content (AvgIpc) is 2.35. The van der Waals surface area contributed by atoms with Gasteiger partial charge in [-0.3, -0.25) is 4.79 Å². The van der Waals surface area contributed by atoms with Crippen LogP contribution < -0.4 is 5.32 Å². The average molecular weight is 234 g/mol. The van der Waals surface area contributed by atoms with E-state index in [1.807, 2.05) is 38.4 Å². The highest BCUT2D eigenvalue weighted by Crippen LogP contribution is 2.18. The molecule has 1 aromatic carbocycles. The van der Waals surface area contributed by atoms with Crippen LogP contribution in [0.4, 0.5) is 5.69 Å². The quantitative estimate of drug-likeness (QED) is 0.868. The highest BCUT2D eigenvalue weighted by atomic mass is 16.2. The number of hydrogen-bond acceptors (Lipinski definition) is 2. The van der Waals surface area contributed by atoms with Gasteiger partial charge in [-0.15, -0.1) is 0 Å². The first-order valence-electron chi connectivity index (χ1n) is 6.03. The number of nitrogens with one attached hydrogen (secondary N) is 1. The SMILES string of the molecule is CNc1ccccc1C(=O)N(C)C(C)C(C)C. The van der Waals surface area contributed by atoms with Gasteiger partial charge < -0.3 is 10.2 Å². The predicted octanol–water partition coefficient (Wildman–Crippen LogP) is 2.84. The minimum Gasteiger partial charge on any atom is -0.387 e. The Balaban J connectivity index is 2.96. The van der Waals surface area contributed by atoms with Crippen LogP contribution in [0, 0.1) is 5.92 Å². The molecule has 1 amide bonds. The molecule has 1 atom stereocenters. The molecule has 0 aromatic heterocycles. The van der Waals surface area contributed by atoms with Gasteiger partial charge in [-0.05, 0) is 25.0 Å². The second-order valence-corrected chi connectivity index (χ2v) is 4.70. The van der Waals surface area contributed by atoms with Crippen molar-refractivity contribution in [1.82, 2.24) is 4.90 Å². The van der Waals surface area contributed by atoms with Crippen LogP contribution in [0.25, 0.3) is 0 Å². The van der Waals surface area contributed by atoms with Crippen molar-refractivity contribution in [2.45, 2.75) is 26.8 Å². The highest BCUT2D eigenvalue weighted by Gasteiger charge is 2.21. The fourth-order valence-corrected chi connectivity index (χ4v) is 1.71. The number of benzene rings is 1. The zero-order valence-electron chi connectivity index (χ0n) is 11.3. The molecule has 0 heterocycles. The summed E-state index contributed by atoms with van der Waals surface area (Å²) < 4.78 is 0. The monoisotopic (exact) mass is 234 g/mol. The summed E-state index contributed by atoms with van der Waals surface area (Å²) in [7, 11) is 3.69. The van der Waals surface area contributed by atoms with E-state index in [1.165, 1.54) is 0 Å². The van der Waals surface area contributed by atoms with E-state index in [2.05, 4.69) is 26.1 Å². The standard InChI is InChI=1S/C14H22N2O/c1-10(2)11(3)16(5)14(17)12-8-6-7-9-13(12)15-4/h6-11,15H,1-5H3. The fraction of sp³-hybridized carbons (Fsp3) is 0.500. The number of carbonyl (C=O) groups is 1. The molecule has 0 radical (unpaired) electrons. The Labute approximate surface area is 104 Å². The molecule has 1 rings (SSSR count). The van der Waals surface area contributed by atoms with Crippen LogP contribution in [-0.2, 0) is 0 Å². The van der Waals surface area contributed by atoms with Gasteiger partial charge in [0.1, 0.15) is 0 Å². The molecule has 0 spiro atoms. The van der Waals surface area contributed by atoms with Crippen LogP contribution in [-0.4, -0.2) is 30.9 Å². The summed E-state index contributed by atoms with van der Waals surface area (Å²) in [6, 6.07) is 7.82. The van der Waals surface area contributed by atoms with Gasteiger partial charge in [-0.25, -0.2) is 0 Å². The van der Waals surface area contributed by atoms with Crippen molar-refractivity contribution in [2.75, 3.05) is 19.4 Å². The van der Waals surface area contributed by atoms with Crippen molar-refractivity contribution in [1.29, 1.82) is 0 Å². The van der Waals surface area contributed by atoms with Gasteiger partial charge in [-0.2, -0.15) is 0 Å². The summed E-state index contributed by atoms with van der Waals surface area (Å²) in [4.78, 5) is 14.2. The summed E-state index contributed by atoms with van der Waals surface area (Å²) in [6.45, 7) is 6.32. The molecular weight excluding hydrogens is 212 g/mol. The molecule has 17 heavy (non-hydrogen) atoms. The molecule has 1 aromatic rings. The lowest BCUT2D eigenvalue weighted by molar-refractivity contribution is 0.0708. The van der Waals surface area contributed by atoms with E-state index in [1.54, 1.807) is 4.90 Å². The van der Waals surface area contributed by atoms with Gasteiger partial charge >= 0.3 is 0 Å². The number of amides is 1. The Morgan fingerprint density at radius 3 is 2.35 bits per heavy atom. The van der Waals surface area contributed by atoms with Gasteiger partial charge in [0, 0.05) is 25.8 Å². The molecule has 0 aliphatic carbocycles. The summed E-state index contributed by atoms with van der Waals surface area (Å²) in [6.07, 6.45) is 0. The van der Waals surface area contributed by atoms with E-state index in [4.69, 9.17) is 0 Å². The molecule has 0 saturated carbocycles. The van der Waals surface area contributed by atoms with Gasteiger partial charge in [0.15, 0.2) is 0 Å². The maximum absolute atomic E-state index is 12.4. The van der Waals surface area contributed by atoms with E-state index in [9.17, 15) is 4.79 Å². The molecule has 0 saturated heterocycles. The molecule has 0 bridgehead atoms. The third kappa shape index (κ3) is 2.99. The van der Waals surface area contributed by atoms with Crippen molar-refractivity contribution in [3.05, 3.63) is 29.8 Å². The van der Waals surface area contributed by atoms with Crippen LogP contribution in [0.15, 0.2) is 24.3 Å². The zero-order valence-corrected chi connectivity index (χ0v) is 11.3. The van der Waals surface area contributed by atoms with E-state index >= 15 is 0 Å². The minimum atomic E-state index is 0.0659. The normalized spacial score (nSPS) is 12.4. The zero-order chi connectivity index (χ0) is 13.0. The number of carbonyl (C=O) groups excluding carboxylic acids is 1. The molecule has 0 fully saturated rings. The number of anilines is 1. The Morgan fingerprint density at radius 1 is 1.24 bits per heavy atom. The van der Waals surface area contributed by atoms with Gasteiger partial charge in [-0.1, -0.05) is 26.0 Å². The first-order chi connectivity index (χ1) is 7.99. The summed E-state index contributed by atoms with van der Waals surface area (Å²) in [5.74, 6) is 0.516. The summed E-state index contributed by atoms with van der Waals surface area (Å²) in [5, 5.41) is 3.05. The van der Waals surface area contributed by atoms with Crippen LogP contribution in [0.3, 0.4) is 0 Å². The van der Waals surface area contributed by atoms with Gasteiger partial charge in [0.25, 0.3) is 5.91 Å². The lowest BCUT2D eigenvalue weighted by Crippen LogP contribution is -2.38. The van der Waals surface area contributed by atoms with Crippen molar-refractivity contribution >= 4 is 11.6 Å². The maximum atomic E-state index is 12.4. The van der Waals surface area contributed by atoms with Crippen molar-refractivity contribution < 1.29 is 4.79 Å². The van der Waals surface area contributed by atoms with Crippen LogP contribution in [0.2, 0.25) is 0 Å². The molecule has 3 heteroatoms. The number of hydrogen-bond donors (Lipinski definition) is 1. The molecule has 1 N–H and O–H groups in total. The van der Waals surface area contributed by atoms with Gasteiger partial charge in [0.2, 0.25) is 0 Å². The highest BCUT2D eigenvalue weighted by molar-refractivity contribution is 5.99. The van der Waals surface area contributed by atoms with Crippen LogP contribution in [0.5, 0.6) is 0 Å². The first kappa shape index (κ1) is 13.6. The van der Waals surface area contributed by atoms with Crippen LogP contribution >= 0.6 is 0 Å². The molecule has 3 nitrogen and oxygen atoms in total. The van der Waals surface area contributed by atoms with E-state index in [0.717, 1.165) is 11.3 Å². The molecule has 94 valence electrons. The van der Waals surface area contributed by atoms with Crippen molar-refractivity contribution in [3.8, 4) is 0 Å². The summed E-state index contributed by atoms with van der Waals surface area (Å²) in [5.41, 5.74) is 1.60. The minimum absolute atomic E-state index is 0.0659. The second kappa shape index (κ2) is 5.71. The van der Waals surface area contributed by atoms with Gasteiger partial charge in [0.05, 0.1) is 5.56 Å². The second-order valence-electron chi connectivity index (χ2n) is 4.70. The third-order valence-electron chi connectivity index (χ3n) is 3.32. The smallest absolute Gasteiger partial charge is 0.255 e. The molecule has 0 aliphatic rings. The van der Waals surface area contributed by atoms with Crippen LogP contribution in [0.1, 0.15) is 31.1 Å². The predicted molar refractivity (Wildman–Crippen MR) is 72.4 cm³/mol. The number of rotatable bonds is 4. The molecular formula is C14H22N2O. The van der Waals surface area contributed by atoms with E-state index in [-0.39, 0.29) is 11.9 Å². The summed E-state index contributed by atoms with van der Waals surface area (Å²) >= 11 is 0. The van der Waals surface area contributed by atoms with E-state index in [0.29, 0.717) is 5.92 Å². The number of nitrogens with zero attached hydrogens (tertiary/aromatic N) is 1. The Bertz CT molecular complexity index is 388.